The molecule has 1 saturated heterocycles. The highest BCUT2D eigenvalue weighted by molar-refractivity contribution is 6.15. The summed E-state index contributed by atoms with van der Waals surface area (Å²) in [5.74, 6) is 2.58. The van der Waals surface area contributed by atoms with E-state index in [1.54, 1.807) is 39.3 Å². The van der Waals surface area contributed by atoms with Gasteiger partial charge in [0.25, 0.3) is 5.91 Å². The second kappa shape index (κ2) is 8.19. The lowest BCUT2D eigenvalue weighted by molar-refractivity contribution is 0.102. The minimum Gasteiger partial charge on any atom is -0.497 e. The van der Waals surface area contributed by atoms with E-state index in [0.29, 0.717) is 77.6 Å². The average molecular weight is 412 g/mol. The fourth-order valence-corrected chi connectivity index (χ4v) is 3.55. The summed E-state index contributed by atoms with van der Waals surface area (Å²) in [7, 11) is 3.12. The van der Waals surface area contributed by atoms with Gasteiger partial charge in [-0.1, -0.05) is 0 Å². The van der Waals surface area contributed by atoms with Crippen LogP contribution in [0.2, 0.25) is 0 Å². The van der Waals surface area contributed by atoms with E-state index >= 15 is 0 Å². The number of carbonyl (C=O) groups is 1. The van der Waals surface area contributed by atoms with E-state index in [1.165, 1.54) is 0 Å². The van der Waals surface area contributed by atoms with Gasteiger partial charge in [-0.15, -0.1) is 0 Å². The Kier molecular flexibility index (Phi) is 5.45. The number of fused-ring (bicyclic) bond motifs is 1. The van der Waals surface area contributed by atoms with E-state index in [-0.39, 0.29) is 5.91 Å². The maximum absolute atomic E-state index is 13.3. The van der Waals surface area contributed by atoms with Crippen molar-refractivity contribution in [3.05, 3.63) is 35.3 Å². The third-order valence-electron chi connectivity index (χ3n) is 4.97. The summed E-state index contributed by atoms with van der Waals surface area (Å²) in [6, 6.07) is 5.18. The number of carbonyl (C=O) groups excluding carboxylic acids is 1. The molecule has 0 aliphatic carbocycles. The van der Waals surface area contributed by atoms with Crippen LogP contribution in [0.1, 0.15) is 21.9 Å². The van der Waals surface area contributed by atoms with Gasteiger partial charge in [0.2, 0.25) is 5.71 Å². The molecule has 9 heteroatoms. The molecule has 1 aliphatic rings. The van der Waals surface area contributed by atoms with Gasteiger partial charge in [-0.3, -0.25) is 4.79 Å². The number of nitrogens with one attached hydrogen (secondary N) is 1. The first-order valence-corrected chi connectivity index (χ1v) is 9.65. The molecule has 1 fully saturated rings. The molecule has 1 aromatic carbocycles. The van der Waals surface area contributed by atoms with E-state index in [4.69, 9.17) is 18.6 Å². The number of aromatic nitrogens is 2. The van der Waals surface area contributed by atoms with Crippen molar-refractivity contribution in [3.8, 4) is 11.5 Å². The van der Waals surface area contributed by atoms with Crippen LogP contribution in [0.15, 0.2) is 22.6 Å². The van der Waals surface area contributed by atoms with Crippen molar-refractivity contribution in [3.63, 3.8) is 0 Å². The van der Waals surface area contributed by atoms with Gasteiger partial charge < -0.3 is 28.8 Å². The van der Waals surface area contributed by atoms with Gasteiger partial charge in [0.15, 0.2) is 0 Å². The Bertz CT molecular complexity index is 1070. The molecule has 1 amide bonds. The third kappa shape index (κ3) is 3.76. The molecule has 0 atom stereocenters. The molecular weight excluding hydrogens is 388 g/mol. The molecular formula is C21H24N4O5. The zero-order valence-corrected chi connectivity index (χ0v) is 17.4. The topological polar surface area (TPSA) is 99.0 Å². The van der Waals surface area contributed by atoms with Gasteiger partial charge in [0.1, 0.15) is 28.9 Å². The molecule has 2 aromatic heterocycles. The van der Waals surface area contributed by atoms with Gasteiger partial charge in [0, 0.05) is 37.0 Å². The van der Waals surface area contributed by atoms with E-state index in [0.717, 1.165) is 0 Å². The van der Waals surface area contributed by atoms with Crippen LogP contribution in [0.4, 0.5) is 11.5 Å². The van der Waals surface area contributed by atoms with Crippen molar-refractivity contribution in [1.82, 2.24) is 9.97 Å². The largest absolute Gasteiger partial charge is 0.497 e. The van der Waals surface area contributed by atoms with Crippen LogP contribution in [-0.4, -0.2) is 56.4 Å². The van der Waals surface area contributed by atoms with Gasteiger partial charge >= 0.3 is 0 Å². The summed E-state index contributed by atoms with van der Waals surface area (Å²) in [5.41, 5.74) is 1.36. The number of morpholine rings is 1. The Morgan fingerprint density at radius 1 is 1.07 bits per heavy atom. The predicted molar refractivity (Wildman–Crippen MR) is 112 cm³/mol. The predicted octanol–water partition coefficient (Wildman–Crippen LogP) is 2.95. The number of rotatable bonds is 5. The lowest BCUT2D eigenvalue weighted by Crippen LogP contribution is -2.37. The van der Waals surface area contributed by atoms with E-state index in [1.807, 2.05) is 6.92 Å². The SMILES string of the molecule is COc1cc(NC(=O)c2c(C)oc3nc(C)nc(N4CCOCC4)c23)cc(OC)c1. The number of benzene rings is 1. The second-order valence-electron chi connectivity index (χ2n) is 6.96. The van der Waals surface area contributed by atoms with Crippen LogP contribution in [0.3, 0.4) is 0 Å². The average Bonchev–Trinajstić information content (AvgIpc) is 3.08. The zero-order chi connectivity index (χ0) is 21.3. The molecule has 30 heavy (non-hydrogen) atoms. The molecule has 0 radical (unpaired) electrons. The van der Waals surface area contributed by atoms with Crippen LogP contribution in [0.5, 0.6) is 11.5 Å². The third-order valence-corrected chi connectivity index (χ3v) is 4.97. The molecule has 1 aliphatic heterocycles. The number of amides is 1. The number of nitrogens with zero attached hydrogens (tertiary/aromatic N) is 3. The molecule has 0 saturated carbocycles. The minimum atomic E-state index is -0.316. The van der Waals surface area contributed by atoms with Gasteiger partial charge in [0.05, 0.1) is 38.4 Å². The second-order valence-corrected chi connectivity index (χ2v) is 6.96. The number of methoxy groups -OCH3 is 2. The van der Waals surface area contributed by atoms with Crippen molar-refractivity contribution >= 4 is 28.5 Å². The molecule has 158 valence electrons. The minimum absolute atomic E-state index is 0.316. The standard InChI is InChI=1S/C21H24N4O5/c1-12-17(20(26)24-14-9-15(27-3)11-16(10-14)28-4)18-19(25-5-7-29-8-6-25)22-13(2)23-21(18)30-12/h9-11H,5-8H2,1-4H3,(H,24,26). The van der Waals surface area contributed by atoms with Crippen molar-refractivity contribution in [2.24, 2.45) is 0 Å². The summed E-state index contributed by atoms with van der Waals surface area (Å²) < 4.78 is 21.9. The quantitative estimate of drug-likeness (QED) is 0.683. The molecule has 3 aromatic rings. The van der Waals surface area contributed by atoms with Crippen LogP contribution >= 0.6 is 0 Å². The van der Waals surface area contributed by atoms with Gasteiger partial charge in [-0.05, 0) is 13.8 Å². The highest BCUT2D eigenvalue weighted by Gasteiger charge is 2.27. The molecule has 9 nitrogen and oxygen atoms in total. The van der Waals surface area contributed by atoms with Gasteiger partial charge in [-0.2, -0.15) is 4.98 Å². The van der Waals surface area contributed by atoms with Crippen LogP contribution < -0.4 is 19.7 Å². The number of anilines is 2. The monoisotopic (exact) mass is 412 g/mol. The Labute approximate surface area is 173 Å². The van der Waals surface area contributed by atoms with Crippen molar-refractivity contribution in [2.75, 3.05) is 50.7 Å². The smallest absolute Gasteiger partial charge is 0.260 e. The number of ether oxygens (including phenoxy) is 3. The molecule has 1 N–H and O–H groups in total. The normalized spacial score (nSPS) is 14.1. The first-order valence-electron chi connectivity index (χ1n) is 9.65. The number of furan rings is 1. The Balaban J connectivity index is 1.77. The number of hydrogen-bond donors (Lipinski definition) is 1. The lowest BCUT2D eigenvalue weighted by atomic mass is 10.1. The van der Waals surface area contributed by atoms with Crippen LogP contribution in [0, 0.1) is 13.8 Å². The molecule has 0 bridgehead atoms. The van der Waals surface area contributed by atoms with Gasteiger partial charge in [-0.25, -0.2) is 4.98 Å². The van der Waals surface area contributed by atoms with E-state index < -0.39 is 0 Å². The number of hydrogen-bond acceptors (Lipinski definition) is 8. The highest BCUT2D eigenvalue weighted by Crippen LogP contribution is 2.33. The summed E-state index contributed by atoms with van der Waals surface area (Å²) >= 11 is 0. The molecule has 3 heterocycles. The zero-order valence-electron chi connectivity index (χ0n) is 17.4. The molecule has 0 spiro atoms. The summed E-state index contributed by atoms with van der Waals surface area (Å²) in [6.45, 7) is 6.14. The first kappa shape index (κ1) is 20.0. The van der Waals surface area contributed by atoms with E-state index in [2.05, 4.69) is 20.2 Å². The van der Waals surface area contributed by atoms with Crippen LogP contribution in [-0.2, 0) is 4.74 Å². The maximum atomic E-state index is 13.3. The Morgan fingerprint density at radius 2 is 1.73 bits per heavy atom. The van der Waals surface area contributed by atoms with Crippen molar-refractivity contribution in [2.45, 2.75) is 13.8 Å². The maximum Gasteiger partial charge on any atom is 0.260 e. The summed E-state index contributed by atoms with van der Waals surface area (Å²) in [4.78, 5) is 24.4. The van der Waals surface area contributed by atoms with Crippen LogP contribution in [0.25, 0.3) is 11.1 Å². The Morgan fingerprint density at radius 3 is 2.37 bits per heavy atom. The Hall–Kier alpha value is -3.33. The number of aryl methyl sites for hydroxylation is 2. The summed E-state index contributed by atoms with van der Waals surface area (Å²) in [6.07, 6.45) is 0. The highest BCUT2D eigenvalue weighted by atomic mass is 16.5. The molecule has 4 rings (SSSR count). The van der Waals surface area contributed by atoms with E-state index in [9.17, 15) is 4.79 Å². The van der Waals surface area contributed by atoms with Crippen molar-refractivity contribution < 1.29 is 23.4 Å². The fourth-order valence-electron chi connectivity index (χ4n) is 3.55. The lowest BCUT2D eigenvalue weighted by Gasteiger charge is -2.28. The molecule has 0 unspecified atom stereocenters. The van der Waals surface area contributed by atoms with Crippen molar-refractivity contribution in [1.29, 1.82) is 0 Å². The fraction of sp³-hybridized carbons (Fsp3) is 0.381. The first-order chi connectivity index (χ1) is 14.5. The summed E-state index contributed by atoms with van der Waals surface area (Å²) in [5, 5.41) is 3.52.